The van der Waals surface area contributed by atoms with Crippen LogP contribution < -0.4 is 10.1 Å². The number of benzene rings is 1. The third kappa shape index (κ3) is 3.71. The number of piperidine rings is 1. The molecule has 120 valence electrons. The van der Waals surface area contributed by atoms with Crippen LogP contribution in [0, 0.1) is 0 Å². The van der Waals surface area contributed by atoms with Gasteiger partial charge in [-0.05, 0) is 31.4 Å². The fourth-order valence-electron chi connectivity index (χ4n) is 2.65. The predicted octanol–water partition coefficient (Wildman–Crippen LogP) is 3.08. The van der Waals surface area contributed by atoms with Gasteiger partial charge in [-0.3, -0.25) is 9.59 Å². The van der Waals surface area contributed by atoms with E-state index in [1.807, 2.05) is 6.92 Å². The molecule has 22 heavy (non-hydrogen) atoms. The average molecular weight is 325 g/mol. The summed E-state index contributed by atoms with van der Waals surface area (Å²) >= 11 is 6.14. The Morgan fingerprint density at radius 3 is 2.82 bits per heavy atom. The molecule has 0 radical (unpaired) electrons. The summed E-state index contributed by atoms with van der Waals surface area (Å²) in [5, 5.41) is 3.23. The van der Waals surface area contributed by atoms with E-state index in [1.165, 1.54) is 0 Å². The predicted molar refractivity (Wildman–Crippen MR) is 86.3 cm³/mol. The Hall–Kier alpha value is -1.75. The number of hydrogen-bond acceptors (Lipinski definition) is 3. The zero-order chi connectivity index (χ0) is 16.1. The zero-order valence-electron chi connectivity index (χ0n) is 12.9. The van der Waals surface area contributed by atoms with Crippen LogP contribution in [0.2, 0.25) is 5.02 Å². The van der Waals surface area contributed by atoms with E-state index >= 15 is 0 Å². The topological polar surface area (TPSA) is 58.6 Å². The van der Waals surface area contributed by atoms with Crippen molar-refractivity contribution in [2.24, 2.45) is 0 Å². The highest BCUT2D eigenvalue weighted by molar-refractivity contribution is 6.33. The maximum absolute atomic E-state index is 12.5. The largest absolute Gasteiger partial charge is 0.497 e. The van der Waals surface area contributed by atoms with Crippen molar-refractivity contribution in [1.82, 2.24) is 4.90 Å². The third-order valence-electron chi connectivity index (χ3n) is 3.86. The number of ether oxygens (including phenoxy) is 1. The summed E-state index contributed by atoms with van der Waals surface area (Å²) in [4.78, 5) is 26.2. The van der Waals surface area contributed by atoms with Crippen LogP contribution in [-0.2, 0) is 9.59 Å². The molecule has 5 nitrogen and oxygen atoms in total. The summed E-state index contributed by atoms with van der Waals surface area (Å²) < 4.78 is 5.08. The third-order valence-corrected chi connectivity index (χ3v) is 4.18. The van der Waals surface area contributed by atoms with Crippen molar-refractivity contribution in [2.75, 3.05) is 19.0 Å². The van der Waals surface area contributed by atoms with E-state index in [9.17, 15) is 9.59 Å². The summed E-state index contributed by atoms with van der Waals surface area (Å²) in [7, 11) is 1.56. The van der Waals surface area contributed by atoms with Crippen molar-refractivity contribution in [3.8, 4) is 5.75 Å². The summed E-state index contributed by atoms with van der Waals surface area (Å²) in [5.74, 6) is 0.456. The fraction of sp³-hybridized carbons (Fsp3) is 0.500. The van der Waals surface area contributed by atoms with E-state index in [0.29, 0.717) is 35.8 Å². The number of amides is 2. The molecule has 0 aliphatic carbocycles. The van der Waals surface area contributed by atoms with Gasteiger partial charge in [0.2, 0.25) is 11.8 Å². The second-order valence-corrected chi connectivity index (χ2v) is 5.69. The number of hydrogen-bond donors (Lipinski definition) is 1. The highest BCUT2D eigenvalue weighted by atomic mass is 35.5. The van der Waals surface area contributed by atoms with E-state index in [0.717, 1.165) is 12.8 Å². The molecule has 1 fully saturated rings. The molecule has 1 N–H and O–H groups in total. The molecule has 0 saturated carbocycles. The zero-order valence-corrected chi connectivity index (χ0v) is 13.7. The number of likely N-dealkylation sites (tertiary alicyclic amines) is 1. The van der Waals surface area contributed by atoms with Crippen LogP contribution in [0.4, 0.5) is 5.69 Å². The Balaban J connectivity index is 2.11. The maximum atomic E-state index is 12.5. The number of methoxy groups -OCH3 is 1. The molecule has 2 rings (SSSR count). The first-order chi connectivity index (χ1) is 10.6. The molecule has 1 unspecified atom stereocenters. The van der Waals surface area contributed by atoms with Crippen LogP contribution in [0.1, 0.15) is 32.6 Å². The number of halogens is 1. The lowest BCUT2D eigenvalue weighted by molar-refractivity contribution is -0.140. The van der Waals surface area contributed by atoms with Gasteiger partial charge in [0.25, 0.3) is 0 Å². The smallest absolute Gasteiger partial charge is 0.247 e. The normalized spacial score (nSPS) is 18.0. The first-order valence-electron chi connectivity index (χ1n) is 7.50. The minimum atomic E-state index is -0.417. The Morgan fingerprint density at radius 2 is 2.18 bits per heavy atom. The van der Waals surface area contributed by atoms with Crippen molar-refractivity contribution in [1.29, 1.82) is 0 Å². The molecule has 1 aliphatic heterocycles. The van der Waals surface area contributed by atoms with Crippen LogP contribution in [0.25, 0.3) is 0 Å². The van der Waals surface area contributed by atoms with Gasteiger partial charge in [-0.2, -0.15) is 0 Å². The molecule has 1 aromatic rings. The van der Waals surface area contributed by atoms with Crippen LogP contribution >= 0.6 is 11.6 Å². The minimum Gasteiger partial charge on any atom is -0.497 e. The SMILES string of the molecule is CCC(=O)N1CCCCC1C(=O)Nc1ccc(OC)cc1Cl. The Kier molecular flexibility index (Phi) is 5.66. The Labute approximate surface area is 135 Å². The van der Waals surface area contributed by atoms with Gasteiger partial charge in [0.05, 0.1) is 17.8 Å². The number of anilines is 1. The summed E-state index contributed by atoms with van der Waals surface area (Å²) in [6, 6.07) is 4.66. The van der Waals surface area contributed by atoms with Crippen molar-refractivity contribution >= 4 is 29.1 Å². The van der Waals surface area contributed by atoms with Gasteiger partial charge in [0, 0.05) is 19.0 Å². The molecule has 0 bridgehead atoms. The molecule has 1 aromatic carbocycles. The van der Waals surface area contributed by atoms with Crippen molar-refractivity contribution in [2.45, 2.75) is 38.6 Å². The highest BCUT2D eigenvalue weighted by Gasteiger charge is 2.31. The van der Waals surface area contributed by atoms with E-state index in [-0.39, 0.29) is 11.8 Å². The van der Waals surface area contributed by atoms with Crippen molar-refractivity contribution < 1.29 is 14.3 Å². The highest BCUT2D eigenvalue weighted by Crippen LogP contribution is 2.28. The number of rotatable bonds is 4. The van der Waals surface area contributed by atoms with Gasteiger partial charge < -0.3 is 15.0 Å². The molecule has 1 saturated heterocycles. The number of nitrogens with one attached hydrogen (secondary N) is 1. The molecule has 1 aliphatic rings. The number of carbonyl (C=O) groups excluding carboxylic acids is 2. The monoisotopic (exact) mass is 324 g/mol. The van der Waals surface area contributed by atoms with Crippen LogP contribution in [-0.4, -0.2) is 36.4 Å². The minimum absolute atomic E-state index is 0.0145. The number of nitrogens with zero attached hydrogens (tertiary/aromatic N) is 1. The van der Waals surface area contributed by atoms with Gasteiger partial charge in [-0.15, -0.1) is 0 Å². The molecular formula is C16H21ClN2O3. The summed E-state index contributed by atoms with van der Waals surface area (Å²) in [6.07, 6.45) is 2.99. The molecule has 1 heterocycles. The van der Waals surface area contributed by atoms with Crippen LogP contribution in [0.15, 0.2) is 18.2 Å². The van der Waals surface area contributed by atoms with Crippen LogP contribution in [0.3, 0.4) is 0 Å². The van der Waals surface area contributed by atoms with Gasteiger partial charge >= 0.3 is 0 Å². The first-order valence-corrected chi connectivity index (χ1v) is 7.88. The van der Waals surface area contributed by atoms with Crippen molar-refractivity contribution in [3.63, 3.8) is 0 Å². The molecule has 0 spiro atoms. The van der Waals surface area contributed by atoms with Gasteiger partial charge in [-0.25, -0.2) is 0 Å². The fourth-order valence-corrected chi connectivity index (χ4v) is 2.86. The van der Waals surface area contributed by atoms with E-state index in [1.54, 1.807) is 30.2 Å². The quantitative estimate of drug-likeness (QED) is 0.926. The Morgan fingerprint density at radius 1 is 1.41 bits per heavy atom. The standard InChI is InChI=1S/C16H21ClN2O3/c1-3-15(20)19-9-5-4-6-14(19)16(21)18-13-8-7-11(22-2)10-12(13)17/h7-8,10,14H,3-6,9H2,1-2H3,(H,18,21). The summed E-state index contributed by atoms with van der Waals surface area (Å²) in [5.41, 5.74) is 0.530. The van der Waals surface area contributed by atoms with E-state index < -0.39 is 6.04 Å². The van der Waals surface area contributed by atoms with Gasteiger partial charge in [0.15, 0.2) is 0 Å². The number of carbonyl (C=O) groups is 2. The van der Waals surface area contributed by atoms with E-state index in [4.69, 9.17) is 16.3 Å². The molecular weight excluding hydrogens is 304 g/mol. The van der Waals surface area contributed by atoms with Gasteiger partial charge in [-0.1, -0.05) is 18.5 Å². The van der Waals surface area contributed by atoms with Crippen LogP contribution in [0.5, 0.6) is 5.75 Å². The average Bonchev–Trinajstić information content (AvgIpc) is 2.55. The molecule has 1 atom stereocenters. The maximum Gasteiger partial charge on any atom is 0.247 e. The Bertz CT molecular complexity index is 562. The van der Waals surface area contributed by atoms with Gasteiger partial charge in [0.1, 0.15) is 11.8 Å². The molecule has 6 heteroatoms. The summed E-state index contributed by atoms with van der Waals surface area (Å²) in [6.45, 7) is 2.45. The first kappa shape index (κ1) is 16.6. The second kappa shape index (κ2) is 7.49. The lowest BCUT2D eigenvalue weighted by Crippen LogP contribution is -2.49. The lowest BCUT2D eigenvalue weighted by atomic mass is 10.0. The second-order valence-electron chi connectivity index (χ2n) is 5.29. The molecule has 0 aromatic heterocycles. The lowest BCUT2D eigenvalue weighted by Gasteiger charge is -2.34. The molecule has 2 amide bonds. The van der Waals surface area contributed by atoms with E-state index in [2.05, 4.69) is 5.32 Å². The van der Waals surface area contributed by atoms with Crippen molar-refractivity contribution in [3.05, 3.63) is 23.2 Å².